The van der Waals surface area contributed by atoms with Gasteiger partial charge in [-0.2, -0.15) is 0 Å². The fourth-order valence-electron chi connectivity index (χ4n) is 5.82. The number of aromatic nitrogens is 2. The zero-order valence-electron chi connectivity index (χ0n) is 24.8. The Kier molecular flexibility index (Phi) is 9.07. The van der Waals surface area contributed by atoms with Gasteiger partial charge in [-0.1, -0.05) is 0 Å². The molecule has 0 saturated carbocycles. The summed E-state index contributed by atoms with van der Waals surface area (Å²) in [7, 11) is 1.64. The van der Waals surface area contributed by atoms with Crippen LogP contribution in [-0.4, -0.2) is 41.1 Å². The lowest BCUT2D eigenvalue weighted by Gasteiger charge is -2.40. The summed E-state index contributed by atoms with van der Waals surface area (Å²) >= 11 is 0. The van der Waals surface area contributed by atoms with Crippen LogP contribution in [0.1, 0.15) is 24.0 Å². The zero-order chi connectivity index (χ0) is 31.3. The number of nitrogens with zero attached hydrogens (tertiary/aromatic N) is 4. The van der Waals surface area contributed by atoms with Crippen molar-refractivity contribution < 1.29 is 22.3 Å². The molecule has 0 bridgehead atoms. The maximum Gasteiger partial charge on any atom is 0.159 e. The van der Waals surface area contributed by atoms with Gasteiger partial charge in [-0.3, -0.25) is 14.9 Å². The van der Waals surface area contributed by atoms with Gasteiger partial charge in [0.25, 0.3) is 0 Å². The molecule has 1 fully saturated rings. The molecule has 0 spiro atoms. The molecule has 1 saturated heterocycles. The highest BCUT2D eigenvalue weighted by Crippen LogP contribution is 2.30. The van der Waals surface area contributed by atoms with Crippen molar-refractivity contribution >= 4 is 5.69 Å². The highest BCUT2D eigenvalue weighted by Gasteiger charge is 2.26. The van der Waals surface area contributed by atoms with E-state index in [1.807, 2.05) is 36.4 Å². The van der Waals surface area contributed by atoms with Crippen LogP contribution >= 0.6 is 0 Å². The van der Waals surface area contributed by atoms with Gasteiger partial charge in [-0.05, 0) is 109 Å². The second-order valence-electron chi connectivity index (χ2n) is 11.2. The lowest BCUT2D eigenvalue weighted by atomic mass is 10.00. The molecule has 0 unspecified atom stereocenters. The number of halogens is 4. The first kappa shape index (κ1) is 30.3. The number of pyridine rings is 2. The molecule has 5 aromatic rings. The predicted octanol–water partition coefficient (Wildman–Crippen LogP) is 8.05. The molecule has 230 valence electrons. The number of hydrogen-bond donors (Lipinski definition) is 0. The Bertz CT molecular complexity index is 1770. The lowest BCUT2D eigenvalue weighted by molar-refractivity contribution is 0.201. The van der Waals surface area contributed by atoms with Gasteiger partial charge in [0.2, 0.25) is 0 Å². The lowest BCUT2D eigenvalue weighted by Crippen LogP contribution is -2.44. The third-order valence-electron chi connectivity index (χ3n) is 8.24. The van der Waals surface area contributed by atoms with E-state index >= 15 is 0 Å². The van der Waals surface area contributed by atoms with Crippen LogP contribution in [0, 0.1) is 23.3 Å². The number of anilines is 1. The van der Waals surface area contributed by atoms with E-state index in [2.05, 4.69) is 31.9 Å². The number of benzene rings is 3. The first-order chi connectivity index (χ1) is 21.9. The molecular weight excluding hydrogens is 580 g/mol. The molecule has 3 aromatic carbocycles. The highest BCUT2D eigenvalue weighted by molar-refractivity contribution is 5.61. The minimum absolute atomic E-state index is 0.254. The van der Waals surface area contributed by atoms with Crippen molar-refractivity contribution in [2.24, 2.45) is 0 Å². The van der Waals surface area contributed by atoms with E-state index in [9.17, 15) is 17.6 Å². The Hall–Kier alpha value is -4.76. The minimum Gasteiger partial charge on any atom is -0.497 e. The van der Waals surface area contributed by atoms with E-state index in [4.69, 9.17) is 4.74 Å². The van der Waals surface area contributed by atoms with Gasteiger partial charge in [-0.15, -0.1) is 0 Å². The molecule has 45 heavy (non-hydrogen) atoms. The Labute approximate surface area is 259 Å². The maximum absolute atomic E-state index is 13.9. The molecule has 6 rings (SSSR count). The molecule has 0 amide bonds. The number of ether oxygens (including phenoxy) is 1. The second-order valence-corrected chi connectivity index (χ2v) is 11.2. The average molecular weight is 613 g/mol. The van der Waals surface area contributed by atoms with Crippen LogP contribution in [0.15, 0.2) is 97.3 Å². The first-order valence-electron chi connectivity index (χ1n) is 14.8. The van der Waals surface area contributed by atoms with Gasteiger partial charge in [-0.25, -0.2) is 17.6 Å². The van der Waals surface area contributed by atoms with E-state index in [0.717, 1.165) is 67.2 Å². The SMILES string of the molecule is COc1ccc(N(Cc2ccnc(-c3ccc(F)c(F)c3)c2)C2CCN(Cc3ccnc(-c4ccc(F)c(F)c4)c3)CC2)cc1. The van der Waals surface area contributed by atoms with Crippen molar-refractivity contribution in [2.45, 2.75) is 32.0 Å². The summed E-state index contributed by atoms with van der Waals surface area (Å²) in [6, 6.07) is 23.7. The van der Waals surface area contributed by atoms with E-state index in [1.54, 1.807) is 19.5 Å². The normalized spacial score (nSPS) is 14.0. The van der Waals surface area contributed by atoms with Crippen LogP contribution in [0.5, 0.6) is 5.75 Å². The van der Waals surface area contributed by atoms with Crippen molar-refractivity contribution in [3.05, 3.63) is 132 Å². The first-order valence-corrected chi connectivity index (χ1v) is 14.8. The fourth-order valence-corrected chi connectivity index (χ4v) is 5.82. The van der Waals surface area contributed by atoms with E-state index in [-0.39, 0.29) is 6.04 Å². The largest absolute Gasteiger partial charge is 0.497 e. The van der Waals surface area contributed by atoms with Crippen molar-refractivity contribution in [1.29, 1.82) is 0 Å². The van der Waals surface area contributed by atoms with Crippen LogP contribution in [0.4, 0.5) is 23.2 Å². The Balaban J connectivity index is 1.17. The van der Waals surface area contributed by atoms with E-state index in [1.165, 1.54) is 24.3 Å². The van der Waals surface area contributed by atoms with Crippen molar-refractivity contribution in [3.63, 3.8) is 0 Å². The number of methoxy groups -OCH3 is 1. The summed E-state index contributed by atoms with van der Waals surface area (Å²) in [6.07, 6.45) is 5.25. The van der Waals surface area contributed by atoms with Gasteiger partial charge >= 0.3 is 0 Å². The van der Waals surface area contributed by atoms with E-state index in [0.29, 0.717) is 29.1 Å². The molecule has 1 aliphatic rings. The van der Waals surface area contributed by atoms with E-state index < -0.39 is 23.3 Å². The smallest absolute Gasteiger partial charge is 0.159 e. The molecule has 1 aliphatic heterocycles. The minimum atomic E-state index is -0.904. The van der Waals surface area contributed by atoms with Crippen LogP contribution < -0.4 is 9.64 Å². The van der Waals surface area contributed by atoms with Gasteiger partial charge in [0.05, 0.1) is 18.5 Å². The summed E-state index contributed by atoms with van der Waals surface area (Å²) in [5.74, 6) is -2.79. The summed E-state index contributed by atoms with van der Waals surface area (Å²) in [5.41, 5.74) is 5.35. The molecule has 9 heteroatoms. The van der Waals surface area contributed by atoms with Crippen molar-refractivity contribution in [2.75, 3.05) is 25.1 Å². The van der Waals surface area contributed by atoms with Crippen LogP contribution in [-0.2, 0) is 13.1 Å². The monoisotopic (exact) mass is 612 g/mol. The molecule has 0 radical (unpaired) electrons. The van der Waals surface area contributed by atoms with Gasteiger partial charge in [0, 0.05) is 61.4 Å². The Morgan fingerprint density at radius 2 is 1.24 bits per heavy atom. The molecule has 0 aliphatic carbocycles. The van der Waals surface area contributed by atoms with Crippen LogP contribution in [0.2, 0.25) is 0 Å². The second kappa shape index (κ2) is 13.5. The molecular formula is C36H32F4N4O. The average Bonchev–Trinajstić information content (AvgIpc) is 3.07. The molecule has 3 heterocycles. The molecule has 2 aromatic heterocycles. The Morgan fingerprint density at radius 3 is 1.80 bits per heavy atom. The summed E-state index contributed by atoms with van der Waals surface area (Å²) in [4.78, 5) is 13.5. The summed E-state index contributed by atoms with van der Waals surface area (Å²) in [6.45, 7) is 3.07. The summed E-state index contributed by atoms with van der Waals surface area (Å²) in [5, 5.41) is 0. The summed E-state index contributed by atoms with van der Waals surface area (Å²) < 4.78 is 60.1. The maximum atomic E-state index is 13.9. The third-order valence-corrected chi connectivity index (χ3v) is 8.24. The number of rotatable bonds is 9. The Morgan fingerprint density at radius 1 is 0.689 bits per heavy atom. The number of piperidine rings is 1. The molecule has 0 N–H and O–H groups in total. The highest BCUT2D eigenvalue weighted by atomic mass is 19.2. The molecule has 5 nitrogen and oxygen atoms in total. The van der Waals surface area contributed by atoms with Crippen molar-refractivity contribution in [3.8, 4) is 28.3 Å². The topological polar surface area (TPSA) is 41.5 Å². The van der Waals surface area contributed by atoms with Crippen LogP contribution in [0.25, 0.3) is 22.5 Å². The number of hydrogen-bond acceptors (Lipinski definition) is 5. The fraction of sp³-hybridized carbons (Fsp3) is 0.222. The van der Waals surface area contributed by atoms with Gasteiger partial charge < -0.3 is 9.64 Å². The quantitative estimate of drug-likeness (QED) is 0.158. The van der Waals surface area contributed by atoms with Crippen LogP contribution in [0.3, 0.4) is 0 Å². The third kappa shape index (κ3) is 7.15. The van der Waals surface area contributed by atoms with Gasteiger partial charge in [0.15, 0.2) is 23.3 Å². The standard InChI is InChI=1S/C36H32F4N4O/c1-45-30-6-4-28(5-7-30)44(23-25-11-15-42-36(19-25)27-3-9-32(38)34(40)21-27)29-12-16-43(17-13-29)22-24-10-14-41-35(18-24)26-2-8-31(37)33(39)20-26/h2-11,14-15,18-21,29H,12-13,16-17,22-23H2,1H3. The van der Waals surface area contributed by atoms with Gasteiger partial charge in [0.1, 0.15) is 5.75 Å². The predicted molar refractivity (Wildman–Crippen MR) is 167 cm³/mol. The zero-order valence-corrected chi connectivity index (χ0v) is 24.8. The van der Waals surface area contributed by atoms with Crippen molar-refractivity contribution in [1.82, 2.24) is 14.9 Å². The molecule has 0 atom stereocenters. The number of likely N-dealkylation sites (tertiary alicyclic amines) is 1.